The number of phenolic OH excluding ortho intramolecular Hbond substituents is 2. The molecule has 1 unspecified atom stereocenters. The number of hydrogen-bond donors (Lipinski definition) is 3. The Bertz CT molecular complexity index is 338. The van der Waals surface area contributed by atoms with Crippen molar-refractivity contribution in [2.24, 2.45) is 5.73 Å². The molecular formula is C9H11NO3. The van der Waals surface area contributed by atoms with Crippen LogP contribution >= 0.6 is 0 Å². The molecule has 0 radical (unpaired) electrons. The molecule has 1 aliphatic rings. The number of phenols is 2. The number of fused-ring (bicyclic) bond motifs is 1. The molecule has 0 spiro atoms. The molecular weight excluding hydrogens is 170 g/mol. The van der Waals surface area contributed by atoms with Gasteiger partial charge in [-0.2, -0.15) is 0 Å². The quantitative estimate of drug-likeness (QED) is 0.519. The number of aromatic hydroxyl groups is 2. The molecule has 0 amide bonds. The molecule has 1 aromatic rings. The predicted molar refractivity (Wildman–Crippen MR) is 46.8 cm³/mol. The highest BCUT2D eigenvalue weighted by Gasteiger charge is 2.20. The second-order valence-corrected chi connectivity index (χ2v) is 3.12. The van der Waals surface area contributed by atoms with E-state index >= 15 is 0 Å². The van der Waals surface area contributed by atoms with Gasteiger partial charge >= 0.3 is 0 Å². The Labute approximate surface area is 75.6 Å². The van der Waals surface area contributed by atoms with Gasteiger partial charge in [-0.05, 0) is 6.07 Å². The molecule has 1 heterocycles. The highest BCUT2D eigenvalue weighted by molar-refractivity contribution is 5.50. The van der Waals surface area contributed by atoms with Crippen LogP contribution in [0, 0.1) is 0 Å². The maximum atomic E-state index is 9.23. The van der Waals surface area contributed by atoms with Crippen molar-refractivity contribution in [1.29, 1.82) is 0 Å². The third kappa shape index (κ3) is 1.29. The molecule has 0 aliphatic carbocycles. The van der Waals surface area contributed by atoms with Gasteiger partial charge in [0.2, 0.25) is 0 Å². The lowest BCUT2D eigenvalue weighted by Gasteiger charge is -2.23. The van der Waals surface area contributed by atoms with Crippen LogP contribution in [-0.2, 0) is 0 Å². The standard InChI is InChI=1S/C9H11NO3/c10-6-1-2-13-9-4-8(12)7(11)3-5(6)9/h3-4,6,11-12H,1-2,10H2. The lowest BCUT2D eigenvalue weighted by atomic mass is 10.0. The van der Waals surface area contributed by atoms with Gasteiger partial charge in [0.1, 0.15) is 5.75 Å². The summed E-state index contributed by atoms with van der Waals surface area (Å²) in [6.45, 7) is 0.554. The maximum absolute atomic E-state index is 9.23. The van der Waals surface area contributed by atoms with Crippen molar-refractivity contribution in [1.82, 2.24) is 0 Å². The van der Waals surface area contributed by atoms with Gasteiger partial charge in [-0.1, -0.05) is 0 Å². The summed E-state index contributed by atoms with van der Waals surface area (Å²) in [5.41, 5.74) is 6.54. The number of nitrogens with two attached hydrogens (primary N) is 1. The molecule has 4 heteroatoms. The average molecular weight is 181 g/mol. The van der Waals surface area contributed by atoms with E-state index in [1.165, 1.54) is 12.1 Å². The highest BCUT2D eigenvalue weighted by Crippen LogP contribution is 2.38. The summed E-state index contributed by atoms with van der Waals surface area (Å²) in [7, 11) is 0. The Morgan fingerprint density at radius 1 is 1.31 bits per heavy atom. The van der Waals surface area contributed by atoms with Crippen LogP contribution in [0.3, 0.4) is 0 Å². The first kappa shape index (κ1) is 8.19. The molecule has 0 saturated heterocycles. The Morgan fingerprint density at radius 2 is 2.00 bits per heavy atom. The third-order valence-corrected chi connectivity index (χ3v) is 2.19. The van der Waals surface area contributed by atoms with Crippen LogP contribution < -0.4 is 10.5 Å². The fourth-order valence-corrected chi connectivity index (χ4v) is 1.44. The van der Waals surface area contributed by atoms with Gasteiger partial charge in [0, 0.05) is 24.1 Å². The molecule has 1 atom stereocenters. The summed E-state index contributed by atoms with van der Waals surface area (Å²) >= 11 is 0. The van der Waals surface area contributed by atoms with E-state index in [4.69, 9.17) is 10.5 Å². The van der Waals surface area contributed by atoms with E-state index in [0.29, 0.717) is 12.4 Å². The van der Waals surface area contributed by atoms with Crippen molar-refractivity contribution in [2.45, 2.75) is 12.5 Å². The second-order valence-electron chi connectivity index (χ2n) is 3.12. The van der Waals surface area contributed by atoms with E-state index in [-0.39, 0.29) is 17.5 Å². The van der Waals surface area contributed by atoms with Crippen molar-refractivity contribution in [3.8, 4) is 17.2 Å². The summed E-state index contributed by atoms with van der Waals surface area (Å²) in [6, 6.07) is 2.73. The molecule has 0 fully saturated rings. The SMILES string of the molecule is NC1CCOc2cc(O)c(O)cc21. The van der Waals surface area contributed by atoms with Crippen LogP contribution in [-0.4, -0.2) is 16.8 Å². The van der Waals surface area contributed by atoms with Crippen molar-refractivity contribution >= 4 is 0 Å². The largest absolute Gasteiger partial charge is 0.504 e. The normalized spacial score (nSPS) is 20.5. The Kier molecular flexibility index (Phi) is 1.77. The van der Waals surface area contributed by atoms with Gasteiger partial charge in [0.25, 0.3) is 0 Å². The van der Waals surface area contributed by atoms with Crippen LogP contribution in [0.15, 0.2) is 12.1 Å². The zero-order valence-corrected chi connectivity index (χ0v) is 7.03. The summed E-state index contributed by atoms with van der Waals surface area (Å²) < 4.78 is 5.28. The molecule has 70 valence electrons. The zero-order chi connectivity index (χ0) is 9.42. The minimum Gasteiger partial charge on any atom is -0.504 e. The molecule has 2 rings (SSSR count). The molecule has 0 aromatic heterocycles. The molecule has 1 aliphatic heterocycles. The van der Waals surface area contributed by atoms with Crippen LogP contribution in [0.1, 0.15) is 18.0 Å². The van der Waals surface area contributed by atoms with Gasteiger partial charge in [-0.15, -0.1) is 0 Å². The number of rotatable bonds is 0. The first-order valence-corrected chi connectivity index (χ1v) is 4.12. The molecule has 4 nitrogen and oxygen atoms in total. The van der Waals surface area contributed by atoms with Crippen LogP contribution in [0.25, 0.3) is 0 Å². The highest BCUT2D eigenvalue weighted by atomic mass is 16.5. The Morgan fingerprint density at radius 3 is 2.77 bits per heavy atom. The number of hydrogen-bond acceptors (Lipinski definition) is 4. The minimum absolute atomic E-state index is 0.116. The topological polar surface area (TPSA) is 75.7 Å². The molecule has 4 N–H and O–H groups in total. The summed E-state index contributed by atoms with van der Waals surface area (Å²) in [6.07, 6.45) is 0.733. The minimum atomic E-state index is -0.173. The molecule has 0 saturated carbocycles. The van der Waals surface area contributed by atoms with Crippen molar-refractivity contribution in [3.05, 3.63) is 17.7 Å². The Balaban J connectivity index is 2.52. The van der Waals surface area contributed by atoms with Crippen molar-refractivity contribution < 1.29 is 14.9 Å². The summed E-state index contributed by atoms with van der Waals surface area (Å²) in [4.78, 5) is 0. The van der Waals surface area contributed by atoms with Gasteiger partial charge in [0.05, 0.1) is 6.61 Å². The fraction of sp³-hybridized carbons (Fsp3) is 0.333. The third-order valence-electron chi connectivity index (χ3n) is 2.19. The van der Waals surface area contributed by atoms with Gasteiger partial charge in [-0.25, -0.2) is 0 Å². The van der Waals surface area contributed by atoms with E-state index in [1.807, 2.05) is 0 Å². The monoisotopic (exact) mass is 181 g/mol. The lowest BCUT2D eigenvalue weighted by molar-refractivity contribution is 0.265. The molecule has 13 heavy (non-hydrogen) atoms. The van der Waals surface area contributed by atoms with Crippen molar-refractivity contribution in [3.63, 3.8) is 0 Å². The van der Waals surface area contributed by atoms with Gasteiger partial charge in [-0.3, -0.25) is 0 Å². The summed E-state index contributed by atoms with van der Waals surface area (Å²) in [5, 5.41) is 18.4. The first-order valence-electron chi connectivity index (χ1n) is 4.12. The number of ether oxygens (including phenoxy) is 1. The maximum Gasteiger partial charge on any atom is 0.161 e. The second kappa shape index (κ2) is 2.81. The zero-order valence-electron chi connectivity index (χ0n) is 7.03. The van der Waals surface area contributed by atoms with E-state index < -0.39 is 0 Å². The smallest absolute Gasteiger partial charge is 0.161 e. The molecule has 0 bridgehead atoms. The van der Waals surface area contributed by atoms with E-state index in [2.05, 4.69) is 0 Å². The lowest BCUT2D eigenvalue weighted by Crippen LogP contribution is -2.20. The van der Waals surface area contributed by atoms with Crippen LogP contribution in [0.2, 0.25) is 0 Å². The average Bonchev–Trinajstić information content (AvgIpc) is 2.09. The molecule has 1 aromatic carbocycles. The Hall–Kier alpha value is -1.42. The fourth-order valence-electron chi connectivity index (χ4n) is 1.44. The van der Waals surface area contributed by atoms with Crippen LogP contribution in [0.4, 0.5) is 0 Å². The van der Waals surface area contributed by atoms with E-state index in [1.54, 1.807) is 0 Å². The van der Waals surface area contributed by atoms with Gasteiger partial charge < -0.3 is 20.7 Å². The number of benzene rings is 1. The van der Waals surface area contributed by atoms with Crippen LogP contribution in [0.5, 0.6) is 17.2 Å². The van der Waals surface area contributed by atoms with Gasteiger partial charge in [0.15, 0.2) is 11.5 Å². The van der Waals surface area contributed by atoms with E-state index in [9.17, 15) is 10.2 Å². The van der Waals surface area contributed by atoms with E-state index in [0.717, 1.165) is 12.0 Å². The predicted octanol–water partition coefficient (Wildman–Crippen LogP) is 0.880. The van der Waals surface area contributed by atoms with Crippen molar-refractivity contribution in [2.75, 3.05) is 6.61 Å². The summed E-state index contributed by atoms with van der Waals surface area (Å²) in [5.74, 6) is 0.238. The first-order chi connectivity index (χ1) is 6.18.